The van der Waals surface area contributed by atoms with Gasteiger partial charge in [-0.15, -0.1) is 0 Å². The molecule has 0 spiro atoms. The number of pyridine rings is 1. The van der Waals surface area contributed by atoms with E-state index in [-0.39, 0.29) is 18.1 Å². The van der Waals surface area contributed by atoms with Gasteiger partial charge in [0.15, 0.2) is 0 Å². The molecule has 5 nitrogen and oxygen atoms in total. The van der Waals surface area contributed by atoms with E-state index < -0.39 is 5.95 Å². The Hall–Kier alpha value is -1.69. The molecule has 2 rings (SSSR count). The molecule has 1 N–H and O–H groups in total. The molecule has 0 aliphatic carbocycles. The van der Waals surface area contributed by atoms with Crippen LogP contribution >= 0.6 is 0 Å². The van der Waals surface area contributed by atoms with Gasteiger partial charge in [0.25, 0.3) is 0 Å². The molecule has 1 fully saturated rings. The SMILES string of the molecule is CC(C)NC(=O)CN1CCC(Oc2cccc(F)n2)C1. The Balaban J connectivity index is 1.79. The van der Waals surface area contributed by atoms with Gasteiger partial charge >= 0.3 is 0 Å². The smallest absolute Gasteiger partial charge is 0.234 e. The van der Waals surface area contributed by atoms with Crippen molar-refractivity contribution in [3.05, 3.63) is 24.1 Å². The maximum absolute atomic E-state index is 13.0. The molecule has 0 aromatic carbocycles. The van der Waals surface area contributed by atoms with Crippen LogP contribution in [-0.4, -0.2) is 47.6 Å². The summed E-state index contributed by atoms with van der Waals surface area (Å²) in [5.41, 5.74) is 0. The van der Waals surface area contributed by atoms with Gasteiger partial charge in [-0.2, -0.15) is 9.37 Å². The van der Waals surface area contributed by atoms with E-state index in [4.69, 9.17) is 4.74 Å². The number of amides is 1. The molecule has 1 atom stereocenters. The van der Waals surface area contributed by atoms with Gasteiger partial charge < -0.3 is 10.1 Å². The Bertz CT molecular complexity index is 467. The van der Waals surface area contributed by atoms with Crippen LogP contribution in [0.4, 0.5) is 4.39 Å². The van der Waals surface area contributed by atoms with Gasteiger partial charge in [0, 0.05) is 25.2 Å². The van der Waals surface area contributed by atoms with Crippen LogP contribution in [0.15, 0.2) is 18.2 Å². The minimum Gasteiger partial charge on any atom is -0.473 e. The van der Waals surface area contributed by atoms with E-state index in [9.17, 15) is 9.18 Å². The molecule has 1 aliphatic rings. The summed E-state index contributed by atoms with van der Waals surface area (Å²) in [7, 11) is 0. The maximum Gasteiger partial charge on any atom is 0.234 e. The van der Waals surface area contributed by atoms with Crippen molar-refractivity contribution in [2.75, 3.05) is 19.6 Å². The molecule has 6 heteroatoms. The minimum absolute atomic E-state index is 0.0181. The van der Waals surface area contributed by atoms with Gasteiger partial charge in [-0.1, -0.05) is 6.07 Å². The summed E-state index contributed by atoms with van der Waals surface area (Å²) in [6.45, 7) is 5.69. The third kappa shape index (κ3) is 4.45. The Morgan fingerprint density at radius 3 is 3.10 bits per heavy atom. The molecule has 0 saturated carbocycles. The molecule has 1 amide bonds. The van der Waals surface area contributed by atoms with E-state index in [0.29, 0.717) is 19.0 Å². The number of hydrogen-bond acceptors (Lipinski definition) is 4. The molecule has 1 saturated heterocycles. The largest absolute Gasteiger partial charge is 0.473 e. The van der Waals surface area contributed by atoms with Gasteiger partial charge in [0.1, 0.15) is 6.10 Å². The fraction of sp³-hybridized carbons (Fsp3) is 0.571. The number of nitrogens with zero attached hydrogens (tertiary/aromatic N) is 2. The lowest BCUT2D eigenvalue weighted by molar-refractivity contribution is -0.122. The second-order valence-electron chi connectivity index (χ2n) is 5.28. The number of aromatic nitrogens is 1. The lowest BCUT2D eigenvalue weighted by Gasteiger charge is -2.17. The van der Waals surface area contributed by atoms with Crippen molar-refractivity contribution in [2.45, 2.75) is 32.4 Å². The van der Waals surface area contributed by atoms with E-state index in [1.807, 2.05) is 18.7 Å². The summed E-state index contributed by atoms with van der Waals surface area (Å²) in [5, 5.41) is 2.86. The molecule has 2 heterocycles. The molecule has 1 aromatic rings. The van der Waals surface area contributed by atoms with Gasteiger partial charge in [0.05, 0.1) is 6.54 Å². The zero-order valence-corrected chi connectivity index (χ0v) is 11.8. The van der Waals surface area contributed by atoms with Crippen LogP contribution in [0.2, 0.25) is 0 Å². The van der Waals surface area contributed by atoms with Crippen molar-refractivity contribution in [2.24, 2.45) is 0 Å². The molecule has 0 bridgehead atoms. The Morgan fingerprint density at radius 1 is 1.60 bits per heavy atom. The lowest BCUT2D eigenvalue weighted by Crippen LogP contribution is -2.39. The van der Waals surface area contributed by atoms with Gasteiger partial charge in [-0.3, -0.25) is 9.69 Å². The highest BCUT2D eigenvalue weighted by Crippen LogP contribution is 2.16. The standard InChI is InChI=1S/C14H20FN3O2/c1-10(2)16-13(19)9-18-7-6-11(8-18)20-14-5-3-4-12(15)17-14/h3-5,10-11H,6-9H2,1-2H3,(H,16,19). The van der Waals surface area contributed by atoms with Crippen LogP contribution in [0.25, 0.3) is 0 Å². The number of carbonyl (C=O) groups excluding carboxylic acids is 1. The van der Waals surface area contributed by atoms with Crippen LogP contribution in [0, 0.1) is 5.95 Å². The molecular weight excluding hydrogens is 261 g/mol. The molecule has 0 radical (unpaired) electrons. The quantitative estimate of drug-likeness (QED) is 0.824. The van der Waals surface area contributed by atoms with Crippen molar-refractivity contribution in [3.8, 4) is 5.88 Å². The van der Waals surface area contributed by atoms with E-state index in [1.54, 1.807) is 12.1 Å². The topological polar surface area (TPSA) is 54.5 Å². The molecule has 1 unspecified atom stereocenters. The fourth-order valence-corrected chi connectivity index (χ4v) is 2.23. The Morgan fingerprint density at radius 2 is 2.40 bits per heavy atom. The van der Waals surface area contributed by atoms with Crippen molar-refractivity contribution >= 4 is 5.91 Å². The molecule has 1 aliphatic heterocycles. The van der Waals surface area contributed by atoms with Crippen LogP contribution in [0.5, 0.6) is 5.88 Å². The van der Waals surface area contributed by atoms with Gasteiger partial charge in [-0.05, 0) is 26.3 Å². The highest BCUT2D eigenvalue weighted by Gasteiger charge is 2.25. The van der Waals surface area contributed by atoms with Crippen LogP contribution in [0.3, 0.4) is 0 Å². The van der Waals surface area contributed by atoms with E-state index in [0.717, 1.165) is 13.0 Å². The number of hydrogen-bond donors (Lipinski definition) is 1. The molecule has 20 heavy (non-hydrogen) atoms. The second-order valence-corrected chi connectivity index (χ2v) is 5.28. The van der Waals surface area contributed by atoms with Gasteiger partial charge in [0.2, 0.25) is 17.7 Å². The zero-order valence-electron chi connectivity index (χ0n) is 11.8. The molecule has 1 aromatic heterocycles. The normalized spacial score (nSPS) is 19.3. The number of nitrogens with one attached hydrogen (secondary N) is 1. The van der Waals surface area contributed by atoms with E-state index >= 15 is 0 Å². The van der Waals surface area contributed by atoms with Crippen molar-refractivity contribution < 1.29 is 13.9 Å². The first-order valence-electron chi connectivity index (χ1n) is 6.84. The number of carbonyl (C=O) groups is 1. The van der Waals surface area contributed by atoms with Crippen molar-refractivity contribution in [1.82, 2.24) is 15.2 Å². The van der Waals surface area contributed by atoms with Crippen LogP contribution < -0.4 is 10.1 Å². The zero-order chi connectivity index (χ0) is 14.5. The third-order valence-electron chi connectivity index (χ3n) is 3.02. The first-order valence-corrected chi connectivity index (χ1v) is 6.84. The summed E-state index contributed by atoms with van der Waals surface area (Å²) >= 11 is 0. The summed E-state index contributed by atoms with van der Waals surface area (Å²) in [5.74, 6) is -0.235. The predicted molar refractivity (Wildman–Crippen MR) is 72.9 cm³/mol. The minimum atomic E-state index is -0.548. The summed E-state index contributed by atoms with van der Waals surface area (Å²) in [6, 6.07) is 4.63. The number of rotatable bonds is 5. The number of likely N-dealkylation sites (tertiary alicyclic amines) is 1. The van der Waals surface area contributed by atoms with E-state index in [1.165, 1.54) is 6.07 Å². The van der Waals surface area contributed by atoms with E-state index in [2.05, 4.69) is 10.3 Å². The number of ether oxygens (including phenoxy) is 1. The number of halogens is 1. The summed E-state index contributed by atoms with van der Waals surface area (Å²) in [4.78, 5) is 17.4. The van der Waals surface area contributed by atoms with Crippen molar-refractivity contribution in [3.63, 3.8) is 0 Å². The highest BCUT2D eigenvalue weighted by molar-refractivity contribution is 5.78. The van der Waals surface area contributed by atoms with Gasteiger partial charge in [-0.25, -0.2) is 0 Å². The fourth-order valence-electron chi connectivity index (χ4n) is 2.23. The predicted octanol–water partition coefficient (Wildman–Crippen LogP) is 1.20. The highest BCUT2D eigenvalue weighted by atomic mass is 19.1. The Kier molecular flexibility index (Phi) is 4.89. The first-order chi connectivity index (χ1) is 9.52. The van der Waals surface area contributed by atoms with Crippen LogP contribution in [0.1, 0.15) is 20.3 Å². The second kappa shape index (κ2) is 6.65. The third-order valence-corrected chi connectivity index (χ3v) is 3.02. The molecular formula is C14H20FN3O2. The Labute approximate surface area is 118 Å². The lowest BCUT2D eigenvalue weighted by atomic mass is 10.3. The maximum atomic E-state index is 13.0. The molecule has 110 valence electrons. The average Bonchev–Trinajstić information content (AvgIpc) is 2.75. The van der Waals surface area contributed by atoms with Crippen molar-refractivity contribution in [1.29, 1.82) is 0 Å². The first kappa shape index (κ1) is 14.7. The average molecular weight is 281 g/mol. The van der Waals surface area contributed by atoms with Crippen LogP contribution in [-0.2, 0) is 4.79 Å². The monoisotopic (exact) mass is 281 g/mol. The summed E-state index contributed by atoms with van der Waals surface area (Å²) < 4.78 is 18.6. The summed E-state index contributed by atoms with van der Waals surface area (Å²) in [6.07, 6.45) is 0.767.